The van der Waals surface area contributed by atoms with Gasteiger partial charge in [-0.05, 0) is 122 Å². The molecular formula is C63H41FN2. The lowest BCUT2D eigenvalue weighted by Crippen LogP contribution is -2.28. The minimum atomic E-state index is -0.497. The topological polar surface area (TPSA) is 8.17 Å². The van der Waals surface area contributed by atoms with E-state index < -0.39 is 5.41 Å². The number of fused-ring (bicyclic) bond motifs is 8. The van der Waals surface area contributed by atoms with Crippen LogP contribution in [0.25, 0.3) is 71.3 Å². The maximum absolute atomic E-state index is 14.5. The molecule has 0 saturated carbocycles. The summed E-state index contributed by atoms with van der Waals surface area (Å²) in [7, 11) is 0. The SMILES string of the molecule is Fc1ccc(N(c2cccc3ccccc23)c2ccc(-c3ccc4c(c3)c3ccccc3n4-c3ccc4c(c3)C(c3ccccc3)(c3ccccc3)c3ccccc3-4)c3ccccc23)cc1. The van der Waals surface area contributed by atoms with Gasteiger partial charge in [0.2, 0.25) is 0 Å². The van der Waals surface area contributed by atoms with Crippen molar-refractivity contribution in [3.05, 3.63) is 277 Å². The molecule has 0 bridgehead atoms. The Morgan fingerprint density at radius 3 is 1.74 bits per heavy atom. The van der Waals surface area contributed by atoms with E-state index in [0.29, 0.717) is 0 Å². The van der Waals surface area contributed by atoms with Crippen LogP contribution in [-0.4, -0.2) is 4.57 Å². The van der Waals surface area contributed by atoms with Crippen molar-refractivity contribution in [1.82, 2.24) is 4.57 Å². The van der Waals surface area contributed by atoms with Crippen LogP contribution in [0.5, 0.6) is 0 Å². The third-order valence-electron chi connectivity index (χ3n) is 13.9. The van der Waals surface area contributed by atoms with Crippen molar-refractivity contribution in [3.8, 4) is 27.9 Å². The first-order valence-electron chi connectivity index (χ1n) is 22.6. The molecule has 1 aliphatic rings. The second kappa shape index (κ2) is 15.0. The zero-order valence-electron chi connectivity index (χ0n) is 35.9. The highest BCUT2D eigenvalue weighted by Crippen LogP contribution is 2.57. The third-order valence-corrected chi connectivity index (χ3v) is 13.9. The lowest BCUT2D eigenvalue weighted by molar-refractivity contribution is 0.628. The van der Waals surface area contributed by atoms with Crippen molar-refractivity contribution in [2.24, 2.45) is 0 Å². The summed E-state index contributed by atoms with van der Waals surface area (Å²) in [6.45, 7) is 0. The van der Waals surface area contributed by atoms with Crippen LogP contribution in [0.1, 0.15) is 22.3 Å². The summed E-state index contributed by atoms with van der Waals surface area (Å²) in [5.41, 5.74) is 15.8. The number of rotatable bonds is 7. The summed E-state index contributed by atoms with van der Waals surface area (Å²) in [4.78, 5) is 2.27. The predicted octanol–water partition coefficient (Wildman–Crippen LogP) is 16.7. The molecule has 2 nitrogen and oxygen atoms in total. The molecular weight excluding hydrogens is 804 g/mol. The van der Waals surface area contributed by atoms with Gasteiger partial charge in [0.05, 0.1) is 27.8 Å². The van der Waals surface area contributed by atoms with Gasteiger partial charge in [-0.2, -0.15) is 0 Å². The fourth-order valence-electron chi connectivity index (χ4n) is 11.1. The average Bonchev–Trinajstić information content (AvgIpc) is 3.87. The third kappa shape index (κ3) is 5.66. The summed E-state index contributed by atoms with van der Waals surface area (Å²) in [6.07, 6.45) is 0. The average molecular weight is 845 g/mol. The quantitative estimate of drug-likeness (QED) is 0.155. The molecule has 13 rings (SSSR count). The van der Waals surface area contributed by atoms with E-state index in [0.717, 1.165) is 66.5 Å². The zero-order valence-corrected chi connectivity index (χ0v) is 35.9. The number of aromatic nitrogens is 1. The first kappa shape index (κ1) is 38.0. The molecule has 0 atom stereocenters. The maximum atomic E-state index is 14.5. The lowest BCUT2D eigenvalue weighted by Gasteiger charge is -2.34. The van der Waals surface area contributed by atoms with Crippen LogP contribution in [0, 0.1) is 5.82 Å². The van der Waals surface area contributed by atoms with E-state index in [2.05, 4.69) is 234 Å². The summed E-state index contributed by atoms with van der Waals surface area (Å²) < 4.78 is 16.9. The Labute approximate surface area is 382 Å². The van der Waals surface area contributed by atoms with E-state index >= 15 is 0 Å². The second-order valence-corrected chi connectivity index (χ2v) is 17.3. The molecule has 0 unspecified atom stereocenters. The fourth-order valence-corrected chi connectivity index (χ4v) is 11.1. The van der Waals surface area contributed by atoms with Gasteiger partial charge >= 0.3 is 0 Å². The van der Waals surface area contributed by atoms with E-state index in [-0.39, 0.29) is 5.82 Å². The Morgan fingerprint density at radius 1 is 0.364 bits per heavy atom. The number of nitrogens with zero attached hydrogens (tertiary/aromatic N) is 2. The molecule has 0 radical (unpaired) electrons. The fraction of sp³-hybridized carbons (Fsp3) is 0.0159. The van der Waals surface area contributed by atoms with Crippen molar-refractivity contribution < 1.29 is 4.39 Å². The first-order chi connectivity index (χ1) is 32.7. The number of halogens is 1. The largest absolute Gasteiger partial charge is 0.309 e. The highest BCUT2D eigenvalue weighted by atomic mass is 19.1. The molecule has 11 aromatic carbocycles. The molecule has 0 saturated heterocycles. The molecule has 66 heavy (non-hydrogen) atoms. The summed E-state index contributed by atoms with van der Waals surface area (Å²) in [5.74, 6) is -0.261. The van der Waals surface area contributed by atoms with Crippen molar-refractivity contribution in [2.45, 2.75) is 5.41 Å². The second-order valence-electron chi connectivity index (χ2n) is 17.3. The van der Waals surface area contributed by atoms with E-state index in [1.807, 2.05) is 12.1 Å². The normalized spacial score (nSPS) is 12.7. The highest BCUT2D eigenvalue weighted by Gasteiger charge is 2.46. The smallest absolute Gasteiger partial charge is 0.123 e. The molecule has 0 spiro atoms. The van der Waals surface area contributed by atoms with Gasteiger partial charge in [0, 0.05) is 32.9 Å². The highest BCUT2D eigenvalue weighted by molar-refractivity contribution is 6.13. The molecule has 12 aromatic rings. The van der Waals surface area contributed by atoms with Crippen LogP contribution in [0.3, 0.4) is 0 Å². The van der Waals surface area contributed by atoms with Crippen LogP contribution >= 0.6 is 0 Å². The van der Waals surface area contributed by atoms with Gasteiger partial charge in [0.15, 0.2) is 0 Å². The summed E-state index contributed by atoms with van der Waals surface area (Å²) in [5, 5.41) is 6.91. The van der Waals surface area contributed by atoms with Crippen molar-refractivity contribution in [2.75, 3.05) is 4.90 Å². The van der Waals surface area contributed by atoms with Gasteiger partial charge in [-0.25, -0.2) is 4.39 Å². The molecule has 3 heteroatoms. The number of anilines is 3. The minimum absolute atomic E-state index is 0.261. The molecule has 0 fully saturated rings. The summed E-state index contributed by atoms with van der Waals surface area (Å²) in [6, 6.07) is 88.6. The van der Waals surface area contributed by atoms with Crippen LogP contribution in [0.4, 0.5) is 21.5 Å². The Kier molecular flexibility index (Phi) is 8.66. The molecule has 0 amide bonds. The molecule has 1 aromatic heterocycles. The van der Waals surface area contributed by atoms with Gasteiger partial charge in [-0.3, -0.25) is 0 Å². The predicted molar refractivity (Wildman–Crippen MR) is 273 cm³/mol. The molecule has 0 aliphatic heterocycles. The molecule has 310 valence electrons. The Morgan fingerprint density at radius 2 is 0.955 bits per heavy atom. The standard InChI is InChI=1S/C63H41FN2/c64-46-31-33-47(34-32-46)65(59-29-15-17-42-16-7-8-22-50(42)59)61-39-37-49(51-23-9-10-25-54(51)61)43-30-38-62-56(40-43)55-26-12-14-28-60(55)66(62)48-35-36-53-52-24-11-13-27-57(52)63(58(53)41-48,44-18-3-1-4-19-44)45-20-5-2-6-21-45/h1-41H. The van der Waals surface area contributed by atoms with Crippen LogP contribution < -0.4 is 4.90 Å². The zero-order chi connectivity index (χ0) is 43.8. The first-order valence-corrected chi connectivity index (χ1v) is 22.6. The van der Waals surface area contributed by atoms with E-state index in [9.17, 15) is 4.39 Å². The number of hydrogen-bond acceptors (Lipinski definition) is 1. The number of hydrogen-bond donors (Lipinski definition) is 0. The number of para-hydroxylation sites is 1. The van der Waals surface area contributed by atoms with Gasteiger partial charge in [0.1, 0.15) is 5.82 Å². The van der Waals surface area contributed by atoms with Gasteiger partial charge in [-0.1, -0.05) is 182 Å². The van der Waals surface area contributed by atoms with Crippen molar-refractivity contribution in [1.29, 1.82) is 0 Å². The lowest BCUT2D eigenvalue weighted by atomic mass is 9.67. The van der Waals surface area contributed by atoms with Crippen LogP contribution in [0.15, 0.2) is 249 Å². The molecule has 0 N–H and O–H groups in total. The molecule has 1 heterocycles. The van der Waals surface area contributed by atoms with E-state index in [1.54, 1.807) is 12.1 Å². The van der Waals surface area contributed by atoms with Gasteiger partial charge < -0.3 is 9.47 Å². The van der Waals surface area contributed by atoms with Crippen LogP contribution in [0.2, 0.25) is 0 Å². The van der Waals surface area contributed by atoms with E-state index in [4.69, 9.17) is 0 Å². The summed E-state index contributed by atoms with van der Waals surface area (Å²) >= 11 is 0. The monoisotopic (exact) mass is 844 g/mol. The Hall–Kier alpha value is -8.53. The number of benzene rings is 11. The van der Waals surface area contributed by atoms with E-state index in [1.165, 1.54) is 44.2 Å². The van der Waals surface area contributed by atoms with Crippen LogP contribution in [-0.2, 0) is 5.41 Å². The van der Waals surface area contributed by atoms with Gasteiger partial charge in [0.25, 0.3) is 0 Å². The van der Waals surface area contributed by atoms with Crippen molar-refractivity contribution in [3.63, 3.8) is 0 Å². The Balaban J connectivity index is 0.996. The minimum Gasteiger partial charge on any atom is -0.309 e. The van der Waals surface area contributed by atoms with Gasteiger partial charge in [-0.15, -0.1) is 0 Å². The maximum Gasteiger partial charge on any atom is 0.123 e. The Bertz CT molecular complexity index is 3790. The van der Waals surface area contributed by atoms with Crippen molar-refractivity contribution >= 4 is 60.4 Å². The molecule has 1 aliphatic carbocycles.